The highest BCUT2D eigenvalue weighted by atomic mass is 19.4. The van der Waals surface area contributed by atoms with Crippen LogP contribution in [0.2, 0.25) is 0 Å². The number of piperidine rings is 2. The molecule has 3 aliphatic heterocycles. The van der Waals surface area contributed by atoms with Crippen LogP contribution in [0.4, 0.5) is 18.0 Å². The van der Waals surface area contributed by atoms with E-state index in [2.05, 4.69) is 10.4 Å². The molecule has 1 aromatic carbocycles. The van der Waals surface area contributed by atoms with E-state index >= 15 is 0 Å². The Kier molecular flexibility index (Phi) is 7.50. The molecule has 0 radical (unpaired) electrons. The molecule has 4 fully saturated rings. The van der Waals surface area contributed by atoms with Gasteiger partial charge in [0, 0.05) is 25.6 Å². The summed E-state index contributed by atoms with van der Waals surface area (Å²) in [4.78, 5) is 30.0. The van der Waals surface area contributed by atoms with Gasteiger partial charge >= 0.3 is 12.3 Å². The molecule has 0 bridgehead atoms. The molecule has 1 atom stereocenters. The van der Waals surface area contributed by atoms with Crippen molar-refractivity contribution in [3.05, 3.63) is 52.8 Å². The molecular weight excluding hydrogens is 523 g/mol. The van der Waals surface area contributed by atoms with E-state index in [1.54, 1.807) is 22.1 Å². The standard InChI is InChI=1S/C29H36F3N5O3/c30-29(31,32)24-5-2-1-4-22(24)25-6-3-15-36(25)27(38)23-18-34-37(26(23)19-7-8-19)20-11-16-35(17-12-20)28(39)40-21-9-13-33-14-10-21/h1-2,4-5,18-21,25,33H,3,6-17H2. The van der Waals surface area contributed by atoms with Gasteiger partial charge in [-0.3, -0.25) is 9.48 Å². The number of halogens is 3. The predicted molar refractivity (Wildman–Crippen MR) is 141 cm³/mol. The number of amides is 2. The highest BCUT2D eigenvalue weighted by Crippen LogP contribution is 2.45. The first-order chi connectivity index (χ1) is 19.3. The summed E-state index contributed by atoms with van der Waals surface area (Å²) < 4.78 is 49.0. The largest absolute Gasteiger partial charge is 0.446 e. The van der Waals surface area contributed by atoms with Crippen LogP contribution in [0, 0.1) is 0 Å². The summed E-state index contributed by atoms with van der Waals surface area (Å²) in [6, 6.07) is 5.03. The molecule has 1 aliphatic carbocycles. The minimum Gasteiger partial charge on any atom is -0.446 e. The van der Waals surface area contributed by atoms with Crippen molar-refractivity contribution in [3.8, 4) is 0 Å². The number of nitrogens with zero attached hydrogens (tertiary/aromatic N) is 4. The van der Waals surface area contributed by atoms with Crippen molar-refractivity contribution in [2.75, 3.05) is 32.7 Å². The van der Waals surface area contributed by atoms with Gasteiger partial charge in [0.15, 0.2) is 0 Å². The minimum absolute atomic E-state index is 0.0369. The van der Waals surface area contributed by atoms with Crippen LogP contribution in [0.1, 0.15) is 96.5 Å². The lowest BCUT2D eigenvalue weighted by atomic mass is 9.97. The van der Waals surface area contributed by atoms with Crippen molar-refractivity contribution in [1.29, 1.82) is 0 Å². The van der Waals surface area contributed by atoms with Crippen molar-refractivity contribution in [1.82, 2.24) is 24.9 Å². The molecule has 4 heterocycles. The summed E-state index contributed by atoms with van der Waals surface area (Å²) in [5, 5.41) is 7.93. The summed E-state index contributed by atoms with van der Waals surface area (Å²) in [5.74, 6) is -0.0107. The Labute approximate surface area is 231 Å². The third kappa shape index (κ3) is 5.44. The van der Waals surface area contributed by atoms with Crippen LogP contribution in [-0.2, 0) is 10.9 Å². The maximum Gasteiger partial charge on any atom is 0.416 e. The molecule has 3 saturated heterocycles. The number of carbonyl (C=O) groups is 2. The topological polar surface area (TPSA) is 79.7 Å². The Morgan fingerprint density at radius 3 is 2.38 bits per heavy atom. The molecule has 4 aliphatic rings. The smallest absolute Gasteiger partial charge is 0.416 e. The zero-order valence-electron chi connectivity index (χ0n) is 22.5. The fraction of sp³-hybridized carbons (Fsp3) is 0.621. The molecule has 11 heteroatoms. The SMILES string of the molecule is O=C(OC1CCNCC1)N1CCC(n2ncc(C(=O)N3CCCC3c3ccccc3C(F)(F)F)c2C2CC2)CC1. The third-order valence-electron chi connectivity index (χ3n) is 8.79. The molecule has 2 amide bonds. The molecule has 1 aromatic heterocycles. The second-order valence-corrected chi connectivity index (χ2v) is 11.5. The Morgan fingerprint density at radius 2 is 1.68 bits per heavy atom. The molecule has 6 rings (SSSR count). The third-order valence-corrected chi connectivity index (χ3v) is 8.79. The summed E-state index contributed by atoms with van der Waals surface area (Å²) >= 11 is 0. The quantitative estimate of drug-likeness (QED) is 0.539. The lowest BCUT2D eigenvalue weighted by molar-refractivity contribution is -0.138. The zero-order valence-corrected chi connectivity index (χ0v) is 22.5. The Morgan fingerprint density at radius 1 is 0.950 bits per heavy atom. The fourth-order valence-corrected chi connectivity index (χ4v) is 6.55. The number of nitrogens with one attached hydrogen (secondary N) is 1. The van der Waals surface area contributed by atoms with Crippen LogP contribution >= 0.6 is 0 Å². The predicted octanol–water partition coefficient (Wildman–Crippen LogP) is 5.28. The first kappa shape index (κ1) is 27.1. The summed E-state index contributed by atoms with van der Waals surface area (Å²) in [6.07, 6.45) is 3.00. The number of rotatable bonds is 5. The van der Waals surface area contributed by atoms with E-state index in [4.69, 9.17) is 4.74 Å². The van der Waals surface area contributed by atoms with Crippen molar-refractivity contribution in [2.24, 2.45) is 0 Å². The van der Waals surface area contributed by atoms with E-state index < -0.39 is 17.8 Å². The lowest BCUT2D eigenvalue weighted by Gasteiger charge is -2.34. The van der Waals surface area contributed by atoms with Crippen LogP contribution in [0.5, 0.6) is 0 Å². The van der Waals surface area contributed by atoms with Gasteiger partial charge in [-0.15, -0.1) is 0 Å². The van der Waals surface area contributed by atoms with Crippen molar-refractivity contribution in [2.45, 2.75) is 81.6 Å². The molecule has 216 valence electrons. The number of aromatic nitrogens is 2. The van der Waals surface area contributed by atoms with Crippen LogP contribution < -0.4 is 5.32 Å². The highest BCUT2D eigenvalue weighted by Gasteiger charge is 2.42. The second-order valence-electron chi connectivity index (χ2n) is 11.5. The molecule has 8 nitrogen and oxygen atoms in total. The summed E-state index contributed by atoms with van der Waals surface area (Å²) in [6.45, 7) is 3.26. The van der Waals surface area contributed by atoms with E-state index in [1.807, 2.05) is 4.68 Å². The van der Waals surface area contributed by atoms with E-state index in [9.17, 15) is 22.8 Å². The van der Waals surface area contributed by atoms with Gasteiger partial charge in [0.1, 0.15) is 6.10 Å². The van der Waals surface area contributed by atoms with E-state index in [0.717, 1.165) is 50.5 Å². The van der Waals surface area contributed by atoms with Gasteiger partial charge < -0.3 is 19.9 Å². The number of hydrogen-bond acceptors (Lipinski definition) is 5. The van der Waals surface area contributed by atoms with Gasteiger partial charge in [0.05, 0.1) is 35.1 Å². The maximum absolute atomic E-state index is 13.9. The molecule has 2 aromatic rings. The first-order valence-corrected chi connectivity index (χ1v) is 14.5. The van der Waals surface area contributed by atoms with Gasteiger partial charge in [0.25, 0.3) is 5.91 Å². The van der Waals surface area contributed by atoms with E-state index in [1.165, 1.54) is 12.1 Å². The van der Waals surface area contributed by atoms with Gasteiger partial charge in [-0.2, -0.15) is 18.3 Å². The molecule has 1 saturated carbocycles. The Bertz CT molecular complexity index is 1230. The van der Waals surface area contributed by atoms with Gasteiger partial charge in [-0.05, 0) is 76.1 Å². The molecule has 1 N–H and O–H groups in total. The number of benzene rings is 1. The first-order valence-electron chi connectivity index (χ1n) is 14.5. The molecule has 1 unspecified atom stereocenters. The zero-order chi connectivity index (χ0) is 27.9. The molecular formula is C29H36F3N5O3. The number of alkyl halides is 3. The second kappa shape index (κ2) is 11.1. The van der Waals surface area contributed by atoms with Gasteiger partial charge in [0.2, 0.25) is 0 Å². The minimum atomic E-state index is -4.48. The monoisotopic (exact) mass is 559 g/mol. The van der Waals surface area contributed by atoms with E-state index in [-0.39, 0.29) is 35.6 Å². The summed E-state index contributed by atoms with van der Waals surface area (Å²) in [5.41, 5.74) is 0.885. The number of hydrogen-bond donors (Lipinski definition) is 1. The van der Waals surface area contributed by atoms with Crippen molar-refractivity contribution < 1.29 is 27.5 Å². The van der Waals surface area contributed by atoms with Crippen molar-refractivity contribution in [3.63, 3.8) is 0 Å². The molecule has 0 spiro atoms. The molecule has 40 heavy (non-hydrogen) atoms. The van der Waals surface area contributed by atoms with Crippen LogP contribution in [0.15, 0.2) is 30.5 Å². The lowest BCUT2D eigenvalue weighted by Crippen LogP contribution is -2.42. The van der Waals surface area contributed by atoms with E-state index in [0.29, 0.717) is 50.9 Å². The normalized spacial score (nSPS) is 23.0. The van der Waals surface area contributed by atoms with Gasteiger partial charge in [-0.1, -0.05) is 18.2 Å². The van der Waals surface area contributed by atoms with Gasteiger partial charge in [-0.25, -0.2) is 4.79 Å². The van der Waals surface area contributed by atoms with Crippen LogP contribution in [-0.4, -0.2) is 70.4 Å². The van der Waals surface area contributed by atoms with Crippen LogP contribution in [0.25, 0.3) is 0 Å². The average molecular weight is 560 g/mol. The van der Waals surface area contributed by atoms with Crippen LogP contribution in [0.3, 0.4) is 0 Å². The maximum atomic E-state index is 13.9. The Hall–Kier alpha value is -3.08. The van der Waals surface area contributed by atoms with Crippen molar-refractivity contribution >= 4 is 12.0 Å². The number of carbonyl (C=O) groups excluding carboxylic acids is 2. The number of likely N-dealkylation sites (tertiary alicyclic amines) is 2. The average Bonchev–Trinajstić information content (AvgIpc) is 3.50. The number of ether oxygens (including phenoxy) is 1. The summed E-state index contributed by atoms with van der Waals surface area (Å²) in [7, 11) is 0. The highest BCUT2D eigenvalue weighted by molar-refractivity contribution is 5.96. The Balaban J connectivity index is 1.17. The fourth-order valence-electron chi connectivity index (χ4n) is 6.55.